The maximum Gasteiger partial charge on any atom is 0.236 e. The van der Waals surface area contributed by atoms with Crippen LogP contribution in [0, 0.1) is 30.1 Å². The van der Waals surface area contributed by atoms with E-state index < -0.39 is 0 Å². The SMILES string of the molecule is C#CC(=O)C1CCC(C(=O)N2CCC(CN3CCNCC3=O)CC2)CC1.CC.[Y]. The summed E-state index contributed by atoms with van der Waals surface area (Å²) in [4.78, 5) is 40.2. The number of carbonyl (C=O) groups excluding carboxylic acids is 3. The van der Waals surface area contributed by atoms with E-state index in [2.05, 4.69) is 11.2 Å². The smallest absolute Gasteiger partial charge is 0.236 e. The van der Waals surface area contributed by atoms with Crippen LogP contribution in [-0.4, -0.2) is 66.7 Å². The van der Waals surface area contributed by atoms with Gasteiger partial charge in [-0.25, -0.2) is 0 Å². The molecule has 0 unspecified atom stereocenters. The average molecular weight is 478 g/mol. The number of rotatable bonds is 4. The fourth-order valence-electron chi connectivity index (χ4n) is 4.47. The number of Topliss-reactive ketones (excluding diaryl/α,β-unsaturated/α-hetero) is 1. The second-order valence-corrected chi connectivity index (χ2v) is 7.84. The van der Waals surface area contributed by atoms with Crippen molar-refractivity contribution in [3.05, 3.63) is 0 Å². The summed E-state index contributed by atoms with van der Waals surface area (Å²) in [6.07, 6.45) is 10.1. The molecule has 1 N–H and O–H groups in total. The number of likely N-dealkylation sites (tertiary alicyclic amines) is 1. The largest absolute Gasteiger partial charge is 0.342 e. The normalized spacial score (nSPS) is 25.2. The molecule has 29 heavy (non-hydrogen) atoms. The second-order valence-electron chi connectivity index (χ2n) is 7.84. The maximum atomic E-state index is 12.8. The zero-order chi connectivity index (χ0) is 20.5. The summed E-state index contributed by atoms with van der Waals surface area (Å²) >= 11 is 0. The second kappa shape index (κ2) is 13.5. The van der Waals surface area contributed by atoms with Crippen molar-refractivity contribution >= 4 is 17.6 Å². The summed E-state index contributed by atoms with van der Waals surface area (Å²) in [5, 5.41) is 3.10. The Morgan fingerprint density at radius 1 is 1.03 bits per heavy atom. The molecule has 159 valence electrons. The van der Waals surface area contributed by atoms with Crippen LogP contribution in [0.3, 0.4) is 0 Å². The first-order valence-electron chi connectivity index (χ1n) is 10.9. The zero-order valence-electron chi connectivity index (χ0n) is 18.0. The molecule has 7 heteroatoms. The van der Waals surface area contributed by atoms with Crippen LogP contribution in [0.2, 0.25) is 0 Å². The van der Waals surface area contributed by atoms with Crippen molar-refractivity contribution in [2.75, 3.05) is 39.3 Å². The van der Waals surface area contributed by atoms with E-state index in [0.717, 1.165) is 71.2 Å². The van der Waals surface area contributed by atoms with Gasteiger partial charge in [0.15, 0.2) is 0 Å². The summed E-state index contributed by atoms with van der Waals surface area (Å²) in [6, 6.07) is 0. The number of hydrogen-bond acceptors (Lipinski definition) is 4. The van der Waals surface area contributed by atoms with Crippen molar-refractivity contribution < 1.29 is 47.1 Å². The first kappa shape index (κ1) is 26.3. The number of carbonyl (C=O) groups is 3. The Morgan fingerprint density at radius 3 is 2.17 bits per heavy atom. The van der Waals surface area contributed by atoms with Gasteiger partial charge in [-0.2, -0.15) is 0 Å². The molecule has 2 saturated heterocycles. The molecule has 0 aromatic rings. The van der Waals surface area contributed by atoms with Crippen LogP contribution in [0.5, 0.6) is 0 Å². The molecular formula is C22H35N3O3Y. The molecule has 0 atom stereocenters. The minimum absolute atomic E-state index is 0. The van der Waals surface area contributed by atoms with Crippen LogP contribution in [0.4, 0.5) is 0 Å². The molecule has 1 radical (unpaired) electrons. The predicted molar refractivity (Wildman–Crippen MR) is 109 cm³/mol. The topological polar surface area (TPSA) is 69.7 Å². The van der Waals surface area contributed by atoms with Crippen molar-refractivity contribution in [2.24, 2.45) is 17.8 Å². The van der Waals surface area contributed by atoms with Gasteiger partial charge in [0.1, 0.15) is 0 Å². The summed E-state index contributed by atoms with van der Waals surface area (Å²) < 4.78 is 0. The third-order valence-corrected chi connectivity index (χ3v) is 6.18. The van der Waals surface area contributed by atoms with Crippen molar-refractivity contribution in [1.82, 2.24) is 15.1 Å². The van der Waals surface area contributed by atoms with Crippen LogP contribution < -0.4 is 5.32 Å². The molecule has 3 fully saturated rings. The summed E-state index contributed by atoms with van der Waals surface area (Å²) in [5.41, 5.74) is 0. The minimum atomic E-state index is -0.112. The molecular weight excluding hydrogens is 443 g/mol. The van der Waals surface area contributed by atoms with Gasteiger partial charge in [-0.3, -0.25) is 14.4 Å². The quantitative estimate of drug-likeness (QED) is 0.493. The molecule has 6 nitrogen and oxygen atoms in total. The summed E-state index contributed by atoms with van der Waals surface area (Å²) in [5.74, 6) is 3.02. The molecule has 3 aliphatic rings. The Kier molecular flexibility index (Phi) is 12.2. The Labute approximate surface area is 200 Å². The Hall–Kier alpha value is -0.766. The van der Waals surface area contributed by atoms with Gasteiger partial charge < -0.3 is 15.1 Å². The maximum absolute atomic E-state index is 12.8. The van der Waals surface area contributed by atoms with Gasteiger partial charge in [0, 0.05) is 77.3 Å². The van der Waals surface area contributed by atoms with Gasteiger partial charge >= 0.3 is 0 Å². The predicted octanol–water partition coefficient (Wildman–Crippen LogP) is 1.69. The Morgan fingerprint density at radius 2 is 1.62 bits per heavy atom. The molecule has 0 aromatic carbocycles. The monoisotopic (exact) mass is 478 g/mol. The van der Waals surface area contributed by atoms with Gasteiger partial charge in [0.25, 0.3) is 0 Å². The number of nitrogens with zero attached hydrogens (tertiary/aromatic N) is 2. The first-order valence-corrected chi connectivity index (χ1v) is 10.9. The molecule has 3 rings (SSSR count). The first-order chi connectivity index (χ1) is 13.6. The molecule has 0 aromatic heterocycles. The van der Waals surface area contributed by atoms with Crippen LogP contribution in [0.25, 0.3) is 0 Å². The van der Waals surface area contributed by atoms with Crippen molar-refractivity contribution in [1.29, 1.82) is 0 Å². The molecule has 0 bridgehead atoms. The van der Waals surface area contributed by atoms with E-state index >= 15 is 0 Å². The molecule has 2 heterocycles. The van der Waals surface area contributed by atoms with Crippen LogP contribution in [0.15, 0.2) is 0 Å². The fraction of sp³-hybridized carbons (Fsp3) is 0.773. The van der Waals surface area contributed by atoms with E-state index in [1.165, 1.54) is 0 Å². The van der Waals surface area contributed by atoms with Crippen LogP contribution >= 0.6 is 0 Å². The average Bonchev–Trinajstić information content (AvgIpc) is 2.76. The van der Waals surface area contributed by atoms with Gasteiger partial charge in [-0.15, -0.1) is 6.42 Å². The Balaban J connectivity index is 0.00000136. The van der Waals surface area contributed by atoms with Crippen molar-refractivity contribution in [3.63, 3.8) is 0 Å². The van der Waals surface area contributed by atoms with Gasteiger partial charge in [0.2, 0.25) is 17.6 Å². The third-order valence-electron chi connectivity index (χ3n) is 6.18. The van der Waals surface area contributed by atoms with E-state index in [0.29, 0.717) is 12.5 Å². The number of hydrogen-bond donors (Lipinski definition) is 1. The van der Waals surface area contributed by atoms with Crippen molar-refractivity contribution in [2.45, 2.75) is 52.4 Å². The van der Waals surface area contributed by atoms with Gasteiger partial charge in [0.05, 0.1) is 6.54 Å². The standard InChI is InChI=1S/C20H29N3O3.C2H6.Y/c1-2-18(24)16-3-5-17(6-4-16)20(26)22-10-7-15(8-11-22)14-23-12-9-21-13-19(23)25;1-2;/h1,15-17,21H,3-14H2;1-2H3;. The van der Waals surface area contributed by atoms with E-state index in [4.69, 9.17) is 6.42 Å². The van der Waals surface area contributed by atoms with Gasteiger partial charge in [-0.1, -0.05) is 13.8 Å². The van der Waals surface area contributed by atoms with E-state index in [1.54, 1.807) is 0 Å². The zero-order valence-corrected chi connectivity index (χ0v) is 20.8. The van der Waals surface area contributed by atoms with Crippen LogP contribution in [-0.2, 0) is 47.1 Å². The number of piperazine rings is 1. The number of amides is 2. The summed E-state index contributed by atoms with van der Waals surface area (Å²) in [6.45, 7) is 8.50. The minimum Gasteiger partial charge on any atom is -0.342 e. The van der Waals surface area contributed by atoms with E-state index in [-0.39, 0.29) is 62.1 Å². The molecule has 1 aliphatic carbocycles. The number of terminal acetylenes is 1. The number of piperidine rings is 1. The van der Waals surface area contributed by atoms with Crippen molar-refractivity contribution in [3.8, 4) is 12.3 Å². The molecule has 2 amide bonds. The van der Waals surface area contributed by atoms with Gasteiger partial charge in [-0.05, 0) is 50.4 Å². The molecule has 2 aliphatic heterocycles. The third kappa shape index (κ3) is 7.45. The molecule has 1 saturated carbocycles. The summed E-state index contributed by atoms with van der Waals surface area (Å²) in [7, 11) is 0. The van der Waals surface area contributed by atoms with E-state index in [9.17, 15) is 14.4 Å². The number of nitrogens with one attached hydrogen (secondary N) is 1. The molecule has 0 spiro atoms. The van der Waals surface area contributed by atoms with E-state index in [1.807, 2.05) is 23.6 Å². The Bertz CT molecular complexity index is 589. The fourth-order valence-corrected chi connectivity index (χ4v) is 4.47. The van der Waals surface area contributed by atoms with Crippen LogP contribution in [0.1, 0.15) is 52.4 Å². The number of ketones is 1.